The van der Waals surface area contributed by atoms with Crippen LogP contribution < -0.4 is 5.32 Å². The Hall–Kier alpha value is -3.70. The number of amides is 2. The number of urea groups is 1. The van der Waals surface area contributed by atoms with Crippen molar-refractivity contribution >= 4 is 28.8 Å². The van der Waals surface area contributed by atoms with Crippen LogP contribution in [0.15, 0.2) is 53.0 Å². The molecule has 0 bridgehead atoms. The lowest BCUT2D eigenvalue weighted by Gasteiger charge is -2.31. The Balaban J connectivity index is 1.17. The van der Waals surface area contributed by atoms with E-state index in [1.165, 1.54) is 0 Å². The summed E-state index contributed by atoms with van der Waals surface area (Å²) in [6.45, 7) is 5.43. The highest BCUT2D eigenvalue weighted by molar-refractivity contribution is 7.10. The van der Waals surface area contributed by atoms with Gasteiger partial charge < -0.3 is 15.1 Å². The van der Waals surface area contributed by atoms with Crippen LogP contribution in [0.2, 0.25) is 0 Å². The molecule has 0 saturated carbocycles. The van der Waals surface area contributed by atoms with Crippen molar-refractivity contribution in [3.63, 3.8) is 0 Å². The van der Waals surface area contributed by atoms with Crippen LogP contribution in [0.4, 0.5) is 10.5 Å². The SMILES string of the molecule is Cc1ccc(C)c(NC(=O)N2CCC(c3nc(C4=NO[C@@H](c5ccccc5C#N)C4)cs3)CC2)c1. The summed E-state index contributed by atoms with van der Waals surface area (Å²) in [5.74, 6) is 0.330. The zero-order valence-electron chi connectivity index (χ0n) is 19.8. The number of piperidine rings is 1. The van der Waals surface area contributed by atoms with E-state index in [4.69, 9.17) is 9.82 Å². The summed E-state index contributed by atoms with van der Waals surface area (Å²) >= 11 is 1.64. The van der Waals surface area contributed by atoms with Gasteiger partial charge in [0.15, 0.2) is 6.10 Å². The lowest BCUT2D eigenvalue weighted by Crippen LogP contribution is -2.40. The third-order valence-corrected chi connectivity index (χ3v) is 7.69. The molecule has 5 rings (SSSR count). The largest absolute Gasteiger partial charge is 0.387 e. The van der Waals surface area contributed by atoms with Crippen molar-refractivity contribution in [2.45, 2.75) is 45.1 Å². The molecule has 3 heterocycles. The van der Waals surface area contributed by atoms with E-state index >= 15 is 0 Å². The van der Waals surface area contributed by atoms with Gasteiger partial charge in [0.05, 0.1) is 22.3 Å². The lowest BCUT2D eigenvalue weighted by molar-refractivity contribution is 0.0855. The molecule has 0 aliphatic carbocycles. The molecule has 2 aromatic carbocycles. The molecule has 2 aliphatic rings. The van der Waals surface area contributed by atoms with E-state index in [1.807, 2.05) is 60.5 Å². The second-order valence-electron chi connectivity index (χ2n) is 9.12. The van der Waals surface area contributed by atoms with Crippen LogP contribution >= 0.6 is 11.3 Å². The number of nitrogens with one attached hydrogen (secondary N) is 1. The second kappa shape index (κ2) is 9.88. The monoisotopic (exact) mass is 485 g/mol. The minimum atomic E-state index is -0.259. The summed E-state index contributed by atoms with van der Waals surface area (Å²) < 4.78 is 0. The first kappa shape index (κ1) is 23.1. The van der Waals surface area contributed by atoms with Crippen molar-refractivity contribution in [1.82, 2.24) is 9.88 Å². The summed E-state index contributed by atoms with van der Waals surface area (Å²) in [6, 6.07) is 15.7. The van der Waals surface area contributed by atoms with Crippen LogP contribution in [0.1, 0.15) is 64.2 Å². The Kier molecular flexibility index (Phi) is 6.51. The van der Waals surface area contributed by atoms with Crippen LogP contribution in [0.25, 0.3) is 0 Å². The van der Waals surface area contributed by atoms with Gasteiger partial charge >= 0.3 is 6.03 Å². The smallest absolute Gasteiger partial charge is 0.321 e. The minimum Gasteiger partial charge on any atom is -0.387 e. The molecule has 0 radical (unpaired) electrons. The number of carbonyl (C=O) groups excluding carboxylic acids is 1. The Labute approximate surface area is 209 Å². The van der Waals surface area contributed by atoms with Crippen LogP contribution in [-0.4, -0.2) is 34.7 Å². The fraction of sp³-hybridized carbons (Fsp3) is 0.333. The van der Waals surface area contributed by atoms with Gasteiger partial charge in [0.25, 0.3) is 0 Å². The first-order valence-electron chi connectivity index (χ1n) is 11.8. The molecule has 3 aromatic rings. The highest BCUT2D eigenvalue weighted by Crippen LogP contribution is 2.34. The van der Waals surface area contributed by atoms with Crippen molar-refractivity contribution in [2.24, 2.45) is 5.16 Å². The topological polar surface area (TPSA) is 90.6 Å². The van der Waals surface area contributed by atoms with Crippen molar-refractivity contribution in [2.75, 3.05) is 18.4 Å². The molecule has 35 heavy (non-hydrogen) atoms. The fourth-order valence-corrected chi connectivity index (χ4v) is 5.58. The average Bonchev–Trinajstić information content (AvgIpc) is 3.56. The quantitative estimate of drug-likeness (QED) is 0.497. The maximum atomic E-state index is 12.8. The van der Waals surface area contributed by atoms with Crippen molar-refractivity contribution in [1.29, 1.82) is 5.26 Å². The number of likely N-dealkylation sites (tertiary alicyclic amines) is 1. The summed E-state index contributed by atoms with van der Waals surface area (Å²) in [6.07, 6.45) is 2.10. The molecule has 0 spiro atoms. The Morgan fingerprint density at radius 1 is 1.20 bits per heavy atom. The average molecular weight is 486 g/mol. The molecule has 2 aliphatic heterocycles. The van der Waals surface area contributed by atoms with Gasteiger partial charge in [0.1, 0.15) is 5.71 Å². The summed E-state index contributed by atoms with van der Waals surface area (Å²) in [5, 5.41) is 19.8. The number of thiazole rings is 1. The number of aryl methyl sites for hydroxylation is 2. The zero-order valence-corrected chi connectivity index (χ0v) is 20.6. The highest BCUT2D eigenvalue weighted by atomic mass is 32.1. The van der Waals surface area contributed by atoms with E-state index in [-0.39, 0.29) is 12.1 Å². The van der Waals surface area contributed by atoms with E-state index in [0.29, 0.717) is 31.0 Å². The van der Waals surface area contributed by atoms with Gasteiger partial charge in [-0.3, -0.25) is 0 Å². The maximum Gasteiger partial charge on any atom is 0.321 e. The zero-order chi connectivity index (χ0) is 24.4. The van der Waals surface area contributed by atoms with Gasteiger partial charge in [0, 0.05) is 42.1 Å². The van der Waals surface area contributed by atoms with Crippen molar-refractivity contribution in [3.8, 4) is 6.07 Å². The lowest BCUT2D eigenvalue weighted by atomic mass is 9.97. The molecule has 7 nitrogen and oxygen atoms in total. The number of oxime groups is 1. The number of anilines is 1. The third kappa shape index (κ3) is 4.91. The van der Waals surface area contributed by atoms with Gasteiger partial charge in [-0.2, -0.15) is 5.26 Å². The number of benzene rings is 2. The number of hydrogen-bond donors (Lipinski definition) is 1. The fourth-order valence-electron chi connectivity index (χ4n) is 4.58. The van der Waals surface area contributed by atoms with E-state index in [9.17, 15) is 10.1 Å². The van der Waals surface area contributed by atoms with E-state index in [0.717, 1.165) is 51.6 Å². The van der Waals surface area contributed by atoms with E-state index < -0.39 is 0 Å². The maximum absolute atomic E-state index is 12.8. The normalized spacial score (nSPS) is 18.0. The van der Waals surface area contributed by atoms with E-state index in [1.54, 1.807) is 17.4 Å². The number of nitrogens with zero attached hydrogens (tertiary/aromatic N) is 4. The van der Waals surface area contributed by atoms with Crippen molar-refractivity contribution < 1.29 is 9.63 Å². The molecule has 0 unspecified atom stereocenters. The molecule has 2 amide bonds. The predicted molar refractivity (Wildman–Crippen MR) is 137 cm³/mol. The standard InChI is InChI=1S/C27H27N5O2S/c1-17-7-8-18(2)22(13-17)30-27(33)32-11-9-19(10-12-32)26-29-24(16-35-26)23-14-25(34-31-23)21-6-4-3-5-20(21)15-28/h3-8,13,16,19,25H,9-12,14H2,1-2H3,(H,30,33)/t25-/m1/s1. The molecular formula is C27H27N5O2S. The number of hydrogen-bond acceptors (Lipinski definition) is 6. The minimum absolute atomic E-state index is 0.0434. The molecule has 1 atom stereocenters. The molecule has 1 N–H and O–H groups in total. The van der Waals surface area contributed by atoms with E-state index in [2.05, 4.69) is 16.5 Å². The van der Waals surface area contributed by atoms with Gasteiger partial charge in [0.2, 0.25) is 0 Å². The summed E-state index contributed by atoms with van der Waals surface area (Å²) in [5.41, 5.74) is 6.19. The van der Waals surface area contributed by atoms with Gasteiger partial charge in [-0.25, -0.2) is 9.78 Å². The summed E-state index contributed by atoms with van der Waals surface area (Å²) in [4.78, 5) is 25.2. The molecule has 1 aromatic heterocycles. The third-order valence-electron chi connectivity index (χ3n) is 6.68. The molecule has 178 valence electrons. The summed E-state index contributed by atoms with van der Waals surface area (Å²) in [7, 11) is 0. The molecular weight excluding hydrogens is 458 g/mol. The number of nitriles is 1. The first-order chi connectivity index (χ1) is 17.0. The number of carbonyl (C=O) groups is 1. The first-order valence-corrected chi connectivity index (χ1v) is 12.7. The Morgan fingerprint density at radius 3 is 2.80 bits per heavy atom. The van der Waals surface area contributed by atoms with Crippen LogP contribution in [0.3, 0.4) is 0 Å². The highest BCUT2D eigenvalue weighted by Gasteiger charge is 2.29. The molecule has 1 saturated heterocycles. The van der Waals surface area contributed by atoms with Crippen LogP contribution in [0.5, 0.6) is 0 Å². The number of aromatic nitrogens is 1. The second-order valence-corrected chi connectivity index (χ2v) is 10.0. The predicted octanol–water partition coefficient (Wildman–Crippen LogP) is 5.91. The van der Waals surface area contributed by atoms with Gasteiger partial charge in [-0.1, -0.05) is 35.5 Å². The van der Waals surface area contributed by atoms with Crippen molar-refractivity contribution in [3.05, 3.63) is 80.8 Å². The molecule has 1 fully saturated rings. The molecule has 8 heteroatoms. The van der Waals surface area contributed by atoms with Gasteiger partial charge in [-0.05, 0) is 49.9 Å². The number of rotatable bonds is 4. The Morgan fingerprint density at radius 2 is 2.00 bits per heavy atom. The van der Waals surface area contributed by atoms with Crippen LogP contribution in [0, 0.1) is 25.2 Å². The van der Waals surface area contributed by atoms with Gasteiger partial charge in [-0.15, -0.1) is 11.3 Å². The Bertz CT molecular complexity index is 1320. The van der Waals surface area contributed by atoms with Crippen LogP contribution in [-0.2, 0) is 4.84 Å².